The molecule has 2 heterocycles. The van der Waals surface area contributed by atoms with E-state index in [0.29, 0.717) is 16.8 Å². The van der Waals surface area contributed by atoms with Crippen molar-refractivity contribution in [3.63, 3.8) is 0 Å². The number of hydrogen-bond donors (Lipinski definition) is 1. The molecule has 208 valence electrons. The summed E-state index contributed by atoms with van der Waals surface area (Å²) in [4.78, 5) is 24.5. The number of amides is 1. The van der Waals surface area contributed by atoms with Gasteiger partial charge in [0.2, 0.25) is 5.91 Å². The number of aryl methyl sites for hydroxylation is 1. The summed E-state index contributed by atoms with van der Waals surface area (Å²) in [5.74, 6) is 0.390. The Morgan fingerprint density at radius 3 is 2.28 bits per heavy atom. The first-order valence-electron chi connectivity index (χ1n) is 12.9. The maximum absolute atomic E-state index is 14.0. The van der Waals surface area contributed by atoms with Crippen molar-refractivity contribution in [2.24, 2.45) is 0 Å². The zero-order chi connectivity index (χ0) is 28.5. The van der Waals surface area contributed by atoms with Crippen molar-refractivity contribution < 1.29 is 23.1 Å². The van der Waals surface area contributed by atoms with Gasteiger partial charge in [0, 0.05) is 38.8 Å². The maximum Gasteiger partial charge on any atom is 0.416 e. The second-order valence-electron chi connectivity index (χ2n) is 10.7. The predicted molar refractivity (Wildman–Crippen MR) is 148 cm³/mol. The first-order valence-corrected chi connectivity index (χ1v) is 12.9. The molecule has 1 aliphatic heterocycles. The molecule has 1 amide bonds. The fourth-order valence-electron chi connectivity index (χ4n) is 5.01. The molecule has 1 aliphatic rings. The van der Waals surface area contributed by atoms with Crippen molar-refractivity contribution >= 4 is 17.4 Å². The molecular weight excluding hydrogens is 505 g/mol. The van der Waals surface area contributed by atoms with Gasteiger partial charge in [-0.1, -0.05) is 35.9 Å². The van der Waals surface area contributed by atoms with Crippen LogP contribution in [-0.2, 0) is 23.0 Å². The second kappa shape index (κ2) is 11.0. The standard InChI is InChI=1S/C30H35F3N4O2/c1-20-14-22(16-23(15-20)30(31,32)33)29(2,3)28(39)36(5)26-18-34-27(37-12-10-35(4)11-13-37)17-25(26)24-9-7-6-8-21(24)19-38/h6-9,14-18,38H,10-13,19H2,1-5H3. The van der Waals surface area contributed by atoms with Gasteiger partial charge in [-0.15, -0.1) is 0 Å². The Morgan fingerprint density at radius 2 is 1.64 bits per heavy atom. The van der Waals surface area contributed by atoms with E-state index in [1.54, 1.807) is 40.1 Å². The minimum absolute atomic E-state index is 0.186. The van der Waals surface area contributed by atoms with Crippen molar-refractivity contribution in [2.45, 2.75) is 39.0 Å². The number of benzene rings is 2. The minimum atomic E-state index is -4.52. The van der Waals surface area contributed by atoms with Crippen molar-refractivity contribution in [1.82, 2.24) is 9.88 Å². The fourth-order valence-corrected chi connectivity index (χ4v) is 5.01. The van der Waals surface area contributed by atoms with Gasteiger partial charge >= 0.3 is 6.18 Å². The molecule has 2 aromatic carbocycles. The summed E-state index contributed by atoms with van der Waals surface area (Å²) in [7, 11) is 3.69. The molecule has 3 aromatic rings. The fraction of sp³-hybridized carbons (Fsp3) is 0.400. The number of anilines is 2. The molecule has 0 atom stereocenters. The van der Waals surface area contributed by atoms with Gasteiger partial charge < -0.3 is 19.8 Å². The van der Waals surface area contributed by atoms with E-state index >= 15 is 0 Å². The third kappa shape index (κ3) is 5.94. The van der Waals surface area contributed by atoms with Crippen LogP contribution in [-0.4, -0.2) is 61.2 Å². The molecule has 39 heavy (non-hydrogen) atoms. The molecule has 0 unspecified atom stereocenters. The average Bonchev–Trinajstić information content (AvgIpc) is 2.91. The largest absolute Gasteiger partial charge is 0.416 e. The van der Waals surface area contributed by atoms with Crippen molar-refractivity contribution in [3.8, 4) is 11.1 Å². The highest BCUT2D eigenvalue weighted by atomic mass is 19.4. The van der Waals surface area contributed by atoms with Crippen LogP contribution >= 0.6 is 0 Å². The lowest BCUT2D eigenvalue weighted by Crippen LogP contribution is -2.45. The van der Waals surface area contributed by atoms with E-state index < -0.39 is 17.2 Å². The molecule has 0 radical (unpaired) electrons. The van der Waals surface area contributed by atoms with Crippen LogP contribution in [0.3, 0.4) is 0 Å². The molecule has 1 N–H and O–H groups in total. The second-order valence-corrected chi connectivity index (χ2v) is 10.7. The third-order valence-corrected chi connectivity index (χ3v) is 7.50. The summed E-state index contributed by atoms with van der Waals surface area (Å²) >= 11 is 0. The smallest absolute Gasteiger partial charge is 0.392 e. The Kier molecular flexibility index (Phi) is 8.04. The molecule has 4 rings (SSSR count). The monoisotopic (exact) mass is 540 g/mol. The Morgan fingerprint density at radius 1 is 1.00 bits per heavy atom. The van der Waals surface area contributed by atoms with Crippen LogP contribution in [0.1, 0.15) is 36.1 Å². The molecule has 0 spiro atoms. The summed E-state index contributed by atoms with van der Waals surface area (Å²) in [6, 6.07) is 13.1. The number of nitrogens with zero attached hydrogens (tertiary/aromatic N) is 4. The summed E-state index contributed by atoms with van der Waals surface area (Å²) in [6.07, 6.45) is -2.88. The number of pyridine rings is 1. The van der Waals surface area contributed by atoms with Gasteiger partial charge in [0.05, 0.1) is 29.5 Å². The number of halogens is 3. The van der Waals surface area contributed by atoms with Crippen LogP contribution in [0.2, 0.25) is 0 Å². The summed E-state index contributed by atoms with van der Waals surface area (Å²) in [5.41, 5.74) is 1.36. The van der Waals surface area contributed by atoms with Crippen molar-refractivity contribution in [3.05, 3.63) is 77.0 Å². The third-order valence-electron chi connectivity index (χ3n) is 7.50. The van der Waals surface area contributed by atoms with Gasteiger partial charge in [-0.2, -0.15) is 13.2 Å². The van der Waals surface area contributed by atoms with Crippen LogP contribution in [0.25, 0.3) is 11.1 Å². The summed E-state index contributed by atoms with van der Waals surface area (Å²) in [6.45, 7) is 8.08. The minimum Gasteiger partial charge on any atom is -0.392 e. The van der Waals surface area contributed by atoms with E-state index in [-0.39, 0.29) is 18.1 Å². The normalized spacial score (nSPS) is 14.9. The lowest BCUT2D eigenvalue weighted by molar-refractivity contribution is -0.137. The molecule has 6 nitrogen and oxygen atoms in total. The Bertz CT molecular complexity index is 1350. The van der Waals surface area contributed by atoms with Gasteiger partial charge in [0.15, 0.2) is 0 Å². The van der Waals surface area contributed by atoms with E-state index in [0.717, 1.165) is 55.3 Å². The molecule has 1 aromatic heterocycles. The SMILES string of the molecule is Cc1cc(C(F)(F)F)cc(C(C)(C)C(=O)N(C)c2cnc(N3CCN(C)CC3)cc2-c2ccccc2CO)c1. The average molecular weight is 541 g/mol. The zero-order valence-electron chi connectivity index (χ0n) is 23.0. The van der Waals surface area contributed by atoms with Crippen molar-refractivity contribution in [2.75, 3.05) is 50.1 Å². The molecular formula is C30H35F3N4O2. The molecule has 0 bridgehead atoms. The Labute approximate surface area is 227 Å². The Hall–Kier alpha value is -3.43. The van der Waals surface area contributed by atoms with Gasteiger partial charge in [-0.05, 0) is 62.7 Å². The number of carbonyl (C=O) groups is 1. The number of carbonyl (C=O) groups excluding carboxylic acids is 1. The molecule has 0 saturated carbocycles. The highest BCUT2D eigenvalue weighted by Gasteiger charge is 2.37. The number of likely N-dealkylation sites (N-methyl/N-ethyl adjacent to an activating group) is 2. The summed E-state index contributed by atoms with van der Waals surface area (Å²) < 4.78 is 40.7. The van der Waals surface area contributed by atoms with E-state index in [1.807, 2.05) is 30.3 Å². The molecule has 1 saturated heterocycles. The first-order chi connectivity index (χ1) is 18.3. The van der Waals surface area contributed by atoms with E-state index in [9.17, 15) is 23.1 Å². The molecule has 1 fully saturated rings. The molecule has 0 aliphatic carbocycles. The predicted octanol–water partition coefficient (Wildman–Crippen LogP) is 5.26. The first kappa shape index (κ1) is 28.6. The number of piperazine rings is 1. The van der Waals surface area contributed by atoms with Gasteiger partial charge in [0.25, 0.3) is 0 Å². The number of rotatable bonds is 6. The topological polar surface area (TPSA) is 59.9 Å². The number of alkyl halides is 3. The van der Waals surface area contributed by atoms with E-state index in [2.05, 4.69) is 16.8 Å². The lowest BCUT2D eigenvalue weighted by Gasteiger charge is -2.34. The van der Waals surface area contributed by atoms with Crippen LogP contribution in [0.4, 0.5) is 24.7 Å². The number of hydrogen-bond acceptors (Lipinski definition) is 5. The van der Waals surface area contributed by atoms with Gasteiger partial charge in [-0.25, -0.2) is 4.98 Å². The zero-order valence-corrected chi connectivity index (χ0v) is 23.0. The maximum atomic E-state index is 14.0. The number of aliphatic hydroxyl groups excluding tert-OH is 1. The van der Waals surface area contributed by atoms with Crippen LogP contribution in [0, 0.1) is 6.92 Å². The van der Waals surface area contributed by atoms with Gasteiger partial charge in [-0.3, -0.25) is 4.79 Å². The number of aliphatic hydroxyl groups is 1. The van der Waals surface area contributed by atoms with E-state index in [4.69, 9.17) is 4.98 Å². The quantitative estimate of drug-likeness (QED) is 0.462. The van der Waals surface area contributed by atoms with Crippen LogP contribution < -0.4 is 9.80 Å². The highest BCUT2D eigenvalue weighted by molar-refractivity contribution is 6.03. The highest BCUT2D eigenvalue weighted by Crippen LogP contribution is 2.39. The lowest BCUT2D eigenvalue weighted by atomic mass is 9.81. The summed E-state index contributed by atoms with van der Waals surface area (Å²) in [5, 5.41) is 10.1. The van der Waals surface area contributed by atoms with Crippen molar-refractivity contribution in [1.29, 1.82) is 0 Å². The number of aromatic nitrogens is 1. The van der Waals surface area contributed by atoms with Crippen LogP contribution in [0.15, 0.2) is 54.7 Å². The Balaban J connectivity index is 1.78. The van der Waals surface area contributed by atoms with Crippen LogP contribution in [0.5, 0.6) is 0 Å². The van der Waals surface area contributed by atoms with Gasteiger partial charge in [0.1, 0.15) is 5.82 Å². The molecule has 9 heteroatoms. The van der Waals surface area contributed by atoms with E-state index in [1.165, 1.54) is 4.90 Å².